The molecule has 11 aromatic rings. The average molecular weight is 717 g/mol. The summed E-state index contributed by atoms with van der Waals surface area (Å²) in [7, 11) is 0. The number of nitrogens with zero attached hydrogens (tertiary/aromatic N) is 5. The Morgan fingerprint density at radius 2 is 0.941 bits per heavy atom. The van der Waals surface area contributed by atoms with Gasteiger partial charge in [-0.2, -0.15) is 0 Å². The molecule has 0 saturated heterocycles. The van der Waals surface area contributed by atoms with Crippen LogP contribution in [0.25, 0.3) is 97.1 Å². The van der Waals surface area contributed by atoms with Crippen LogP contribution in [-0.4, -0.2) is 38.6 Å². The summed E-state index contributed by atoms with van der Waals surface area (Å²) in [6.07, 6.45) is 3.98. The number of pyridine rings is 1. The molecule has 0 spiro atoms. The van der Waals surface area contributed by atoms with Crippen molar-refractivity contribution in [3.05, 3.63) is 164 Å². The first kappa shape index (κ1) is 28.5. The molecule has 5 nitrogen and oxygen atoms in total. The molecular weight excluding hydrogens is 689 g/mol. The number of rotatable bonds is 4. The van der Waals surface area contributed by atoms with Gasteiger partial charge in [-0.05, 0) is 0 Å². The van der Waals surface area contributed by atoms with Crippen molar-refractivity contribution in [2.75, 3.05) is 0 Å². The third kappa shape index (κ3) is 4.37. The minimum atomic E-state index is 0.0574. The second-order valence-electron chi connectivity index (χ2n) is 12.9. The van der Waals surface area contributed by atoms with Gasteiger partial charge in [0.05, 0.1) is 0 Å². The van der Waals surface area contributed by atoms with E-state index in [0.717, 1.165) is 49.2 Å². The predicted octanol–water partition coefficient (Wildman–Crippen LogP) is 10.8. The van der Waals surface area contributed by atoms with Crippen LogP contribution in [0.5, 0.6) is 0 Å². The fourth-order valence-electron chi connectivity index (χ4n) is 7.71. The van der Waals surface area contributed by atoms with E-state index in [1.807, 2.05) is 12.4 Å². The third-order valence-electron chi connectivity index (χ3n) is 10.0. The molecule has 6 aromatic carbocycles. The van der Waals surface area contributed by atoms with Crippen LogP contribution in [0.4, 0.5) is 0 Å². The monoisotopic (exact) mass is 717 g/mol. The zero-order valence-electron chi connectivity index (χ0n) is 27.2. The molecule has 51 heavy (non-hydrogen) atoms. The van der Waals surface area contributed by atoms with Gasteiger partial charge < -0.3 is 0 Å². The number of aromatic nitrogens is 5. The van der Waals surface area contributed by atoms with E-state index in [1.54, 1.807) is 0 Å². The number of hydrogen-bond donors (Lipinski definition) is 0. The SMILES string of the molecule is c1ccc(-n2c3ccccc3c3cc(-c4cc5c(cn4)[se]c4ncc(-c6ccc7c(c6)c6ccccc6n7-c6ccccc6)nc45)ccc32)cc1. The molecule has 0 saturated carbocycles. The summed E-state index contributed by atoms with van der Waals surface area (Å²) in [4.78, 5) is 15.3. The van der Waals surface area contributed by atoms with Gasteiger partial charge in [0.15, 0.2) is 0 Å². The molecular formula is C45H27N5Se. The Morgan fingerprint density at radius 1 is 0.412 bits per heavy atom. The van der Waals surface area contributed by atoms with Crippen molar-refractivity contribution in [3.63, 3.8) is 0 Å². The van der Waals surface area contributed by atoms with Gasteiger partial charge in [-0.3, -0.25) is 0 Å². The zero-order chi connectivity index (χ0) is 33.5. The Morgan fingerprint density at radius 3 is 1.55 bits per heavy atom. The molecule has 0 fully saturated rings. The van der Waals surface area contributed by atoms with E-state index in [9.17, 15) is 0 Å². The molecule has 0 aliphatic carbocycles. The molecule has 0 N–H and O–H groups in total. The standard InChI is InChI=1S/C45H27N5Se/c1-3-11-30(12-4-1)49-39-17-9-7-15-32(39)34-23-28(19-21-41(34)49)37-25-36-43(27-46-37)51-45-44(36)48-38(26-47-45)29-20-22-42-35(24-29)33-16-8-10-18-40(33)50(42)31-13-5-2-6-14-31/h1-27H. The summed E-state index contributed by atoms with van der Waals surface area (Å²) in [5.41, 5.74) is 12.0. The van der Waals surface area contributed by atoms with Gasteiger partial charge in [0.2, 0.25) is 0 Å². The molecule has 0 unspecified atom stereocenters. The summed E-state index contributed by atoms with van der Waals surface area (Å²) in [6, 6.07) is 54.0. The average Bonchev–Trinajstić information content (AvgIpc) is 3.85. The predicted molar refractivity (Wildman–Crippen MR) is 211 cm³/mol. The van der Waals surface area contributed by atoms with Gasteiger partial charge in [0, 0.05) is 0 Å². The van der Waals surface area contributed by atoms with Crippen molar-refractivity contribution in [3.8, 4) is 33.9 Å². The summed E-state index contributed by atoms with van der Waals surface area (Å²) in [5, 5.41) is 6.00. The molecule has 0 radical (unpaired) electrons. The van der Waals surface area contributed by atoms with Gasteiger partial charge in [-0.15, -0.1) is 0 Å². The van der Waals surface area contributed by atoms with Crippen LogP contribution in [0.1, 0.15) is 0 Å². The van der Waals surface area contributed by atoms with Crippen molar-refractivity contribution >= 4 is 77.7 Å². The maximum absolute atomic E-state index is 5.29. The minimum absolute atomic E-state index is 0.0574. The van der Waals surface area contributed by atoms with Crippen LogP contribution >= 0.6 is 0 Å². The zero-order valence-corrected chi connectivity index (χ0v) is 28.9. The second kappa shape index (κ2) is 11.1. The summed E-state index contributed by atoms with van der Waals surface area (Å²) < 4.78 is 6.97. The molecule has 0 bridgehead atoms. The third-order valence-corrected chi connectivity index (χ3v) is 12.2. The van der Waals surface area contributed by atoms with Gasteiger partial charge in [-0.25, -0.2) is 0 Å². The molecule has 11 rings (SSSR count). The Balaban J connectivity index is 1.04. The van der Waals surface area contributed by atoms with Crippen molar-refractivity contribution in [2.24, 2.45) is 0 Å². The van der Waals surface area contributed by atoms with Gasteiger partial charge in [0.1, 0.15) is 0 Å². The van der Waals surface area contributed by atoms with Crippen LogP contribution in [-0.2, 0) is 0 Å². The van der Waals surface area contributed by atoms with Crippen LogP contribution in [0.3, 0.4) is 0 Å². The molecule has 238 valence electrons. The van der Waals surface area contributed by atoms with E-state index < -0.39 is 0 Å². The van der Waals surface area contributed by atoms with Gasteiger partial charge in [0.25, 0.3) is 0 Å². The van der Waals surface area contributed by atoms with Crippen LogP contribution in [0, 0.1) is 0 Å². The molecule has 5 heterocycles. The quantitative estimate of drug-likeness (QED) is 0.170. The Labute approximate surface area is 298 Å². The Kier molecular flexibility index (Phi) is 6.20. The van der Waals surface area contributed by atoms with E-state index in [2.05, 4.69) is 161 Å². The molecule has 5 aromatic heterocycles. The van der Waals surface area contributed by atoms with Gasteiger partial charge >= 0.3 is 288 Å². The fourth-order valence-corrected chi connectivity index (χ4v) is 9.68. The summed E-state index contributed by atoms with van der Waals surface area (Å²) in [5.74, 6) is 0. The van der Waals surface area contributed by atoms with Crippen molar-refractivity contribution in [2.45, 2.75) is 0 Å². The fraction of sp³-hybridized carbons (Fsp3) is 0. The van der Waals surface area contributed by atoms with Crippen LogP contribution in [0.2, 0.25) is 0 Å². The Hall–Kier alpha value is -6.33. The topological polar surface area (TPSA) is 48.5 Å². The molecule has 0 aliphatic rings. The Bertz CT molecular complexity index is 2920. The number of hydrogen-bond acceptors (Lipinski definition) is 3. The normalized spacial score (nSPS) is 11.9. The van der Waals surface area contributed by atoms with Crippen molar-refractivity contribution in [1.82, 2.24) is 24.1 Å². The van der Waals surface area contributed by atoms with Crippen molar-refractivity contribution < 1.29 is 0 Å². The molecule has 0 amide bonds. The van der Waals surface area contributed by atoms with E-state index >= 15 is 0 Å². The number of para-hydroxylation sites is 4. The van der Waals surface area contributed by atoms with E-state index in [1.165, 1.54) is 47.9 Å². The van der Waals surface area contributed by atoms with E-state index in [4.69, 9.17) is 15.0 Å². The second-order valence-corrected chi connectivity index (χ2v) is 15.1. The van der Waals surface area contributed by atoms with Crippen LogP contribution < -0.4 is 0 Å². The summed E-state index contributed by atoms with van der Waals surface area (Å²) in [6.45, 7) is 0. The molecule has 0 atom stereocenters. The van der Waals surface area contributed by atoms with Gasteiger partial charge in [-0.1, -0.05) is 12.1 Å². The number of fused-ring (bicyclic) bond motifs is 9. The van der Waals surface area contributed by atoms with E-state index in [0.29, 0.717) is 0 Å². The number of benzene rings is 6. The first-order valence-corrected chi connectivity index (χ1v) is 18.7. The van der Waals surface area contributed by atoms with E-state index in [-0.39, 0.29) is 14.5 Å². The molecule has 0 aliphatic heterocycles. The first-order valence-electron chi connectivity index (χ1n) is 17.0. The molecule has 6 heteroatoms. The van der Waals surface area contributed by atoms with Crippen molar-refractivity contribution in [1.29, 1.82) is 0 Å². The van der Waals surface area contributed by atoms with Crippen LogP contribution in [0.15, 0.2) is 164 Å². The summed E-state index contributed by atoms with van der Waals surface area (Å²) >= 11 is 0.0574. The first-order chi connectivity index (χ1) is 25.3. The maximum atomic E-state index is 5.29.